The molecule has 3 N–H and O–H groups in total. The molecule has 4 heteroatoms. The number of nitrogens with two attached hydrogens (primary N) is 1. The normalized spacial score (nSPS) is 16.1. The molecule has 0 aliphatic carbocycles. The minimum absolute atomic E-state index is 0.00849. The molecule has 2 rings (SSSR count). The molecule has 0 spiro atoms. The van der Waals surface area contributed by atoms with Gasteiger partial charge in [-0.15, -0.1) is 0 Å². The second-order valence-corrected chi connectivity index (χ2v) is 3.57. The Morgan fingerprint density at radius 2 is 2.07 bits per heavy atom. The summed E-state index contributed by atoms with van der Waals surface area (Å²) in [5, 5.41) is 3.05. The first-order valence-corrected chi connectivity index (χ1v) is 5.11. The molecule has 0 radical (unpaired) electrons. The summed E-state index contributed by atoms with van der Waals surface area (Å²) in [6.45, 7) is 1.98. The summed E-state index contributed by atoms with van der Waals surface area (Å²) < 4.78 is 10.9. The maximum atomic E-state index is 5.98. The van der Waals surface area contributed by atoms with Gasteiger partial charge in [0, 0.05) is 12.6 Å². The van der Waals surface area contributed by atoms with E-state index in [2.05, 4.69) is 5.32 Å². The van der Waals surface area contributed by atoms with E-state index in [1.165, 1.54) is 0 Å². The Bertz CT molecular complexity index is 341. The molecule has 0 aromatic heterocycles. The molecule has 0 amide bonds. The molecule has 82 valence electrons. The lowest BCUT2D eigenvalue weighted by atomic mass is 10.1. The monoisotopic (exact) mass is 208 g/mol. The molecular weight excluding hydrogens is 192 g/mol. The van der Waals surface area contributed by atoms with Gasteiger partial charge in [0.15, 0.2) is 11.5 Å². The summed E-state index contributed by atoms with van der Waals surface area (Å²) >= 11 is 0. The minimum atomic E-state index is -0.00849. The van der Waals surface area contributed by atoms with E-state index in [9.17, 15) is 0 Å². The molecule has 1 aliphatic rings. The third-order valence-electron chi connectivity index (χ3n) is 2.42. The van der Waals surface area contributed by atoms with Gasteiger partial charge >= 0.3 is 0 Å². The smallest absolute Gasteiger partial charge is 0.161 e. The summed E-state index contributed by atoms with van der Waals surface area (Å²) in [7, 11) is 1.89. The summed E-state index contributed by atoms with van der Waals surface area (Å²) in [4.78, 5) is 0. The molecule has 1 heterocycles. The molecule has 0 fully saturated rings. The van der Waals surface area contributed by atoms with E-state index in [4.69, 9.17) is 15.2 Å². The first kappa shape index (κ1) is 10.3. The van der Waals surface area contributed by atoms with Gasteiger partial charge in [-0.3, -0.25) is 0 Å². The van der Waals surface area contributed by atoms with E-state index in [0.717, 1.165) is 23.6 Å². The van der Waals surface area contributed by atoms with Crippen molar-refractivity contribution >= 4 is 0 Å². The Balaban J connectivity index is 2.20. The highest BCUT2D eigenvalue weighted by molar-refractivity contribution is 5.44. The third kappa shape index (κ3) is 2.22. The van der Waals surface area contributed by atoms with Gasteiger partial charge in [0.25, 0.3) is 0 Å². The number of hydrogen-bond acceptors (Lipinski definition) is 4. The van der Waals surface area contributed by atoms with Crippen molar-refractivity contribution in [2.75, 3.05) is 26.8 Å². The van der Waals surface area contributed by atoms with E-state index in [1.807, 2.05) is 25.2 Å². The summed E-state index contributed by atoms with van der Waals surface area (Å²) in [6, 6.07) is 5.84. The van der Waals surface area contributed by atoms with Gasteiger partial charge in [-0.2, -0.15) is 0 Å². The van der Waals surface area contributed by atoms with Crippen LogP contribution in [0.1, 0.15) is 11.6 Å². The summed E-state index contributed by atoms with van der Waals surface area (Å²) in [5.41, 5.74) is 7.04. The highest BCUT2D eigenvalue weighted by Crippen LogP contribution is 2.31. The molecule has 1 atom stereocenters. The van der Waals surface area contributed by atoms with Crippen molar-refractivity contribution in [2.24, 2.45) is 5.73 Å². The SMILES string of the molecule is CNCC(N)c1ccc2c(c1)OCCO2. The highest BCUT2D eigenvalue weighted by Gasteiger charge is 2.13. The Morgan fingerprint density at radius 1 is 1.33 bits per heavy atom. The standard InChI is InChI=1S/C11H16N2O2/c1-13-7-9(12)8-2-3-10-11(6-8)15-5-4-14-10/h2-3,6,9,13H,4-5,7,12H2,1H3. The molecule has 0 saturated carbocycles. The number of nitrogens with one attached hydrogen (secondary N) is 1. The maximum Gasteiger partial charge on any atom is 0.161 e. The molecule has 4 nitrogen and oxygen atoms in total. The zero-order valence-corrected chi connectivity index (χ0v) is 8.82. The lowest BCUT2D eigenvalue weighted by Gasteiger charge is -2.20. The fourth-order valence-corrected chi connectivity index (χ4v) is 1.63. The highest BCUT2D eigenvalue weighted by atomic mass is 16.6. The van der Waals surface area contributed by atoms with Gasteiger partial charge in [0.1, 0.15) is 13.2 Å². The quantitative estimate of drug-likeness (QED) is 0.767. The lowest BCUT2D eigenvalue weighted by molar-refractivity contribution is 0.171. The average Bonchev–Trinajstić information content (AvgIpc) is 2.29. The molecule has 15 heavy (non-hydrogen) atoms. The molecule has 1 aromatic carbocycles. The molecular formula is C11H16N2O2. The Hall–Kier alpha value is -1.26. The Morgan fingerprint density at radius 3 is 2.80 bits per heavy atom. The van der Waals surface area contributed by atoms with Crippen molar-refractivity contribution in [1.29, 1.82) is 0 Å². The van der Waals surface area contributed by atoms with Crippen LogP contribution in [0.2, 0.25) is 0 Å². The summed E-state index contributed by atoms with van der Waals surface area (Å²) in [5.74, 6) is 1.60. The van der Waals surface area contributed by atoms with Crippen LogP contribution in [0, 0.1) is 0 Å². The van der Waals surface area contributed by atoms with Crippen LogP contribution in [0.4, 0.5) is 0 Å². The van der Waals surface area contributed by atoms with E-state index in [-0.39, 0.29) is 6.04 Å². The van der Waals surface area contributed by atoms with Crippen LogP contribution in [0.5, 0.6) is 11.5 Å². The van der Waals surface area contributed by atoms with Crippen LogP contribution < -0.4 is 20.5 Å². The topological polar surface area (TPSA) is 56.5 Å². The fraction of sp³-hybridized carbons (Fsp3) is 0.455. The average molecular weight is 208 g/mol. The van der Waals surface area contributed by atoms with Crippen molar-refractivity contribution in [2.45, 2.75) is 6.04 Å². The largest absolute Gasteiger partial charge is 0.486 e. The third-order valence-corrected chi connectivity index (χ3v) is 2.42. The molecule has 1 unspecified atom stereocenters. The van der Waals surface area contributed by atoms with Crippen molar-refractivity contribution in [3.63, 3.8) is 0 Å². The number of benzene rings is 1. The van der Waals surface area contributed by atoms with Gasteiger partial charge in [-0.25, -0.2) is 0 Å². The van der Waals surface area contributed by atoms with Crippen LogP contribution in [0.3, 0.4) is 0 Å². The molecule has 0 saturated heterocycles. The molecule has 1 aliphatic heterocycles. The van der Waals surface area contributed by atoms with Gasteiger partial charge in [0.2, 0.25) is 0 Å². The maximum absolute atomic E-state index is 5.98. The van der Waals surface area contributed by atoms with Crippen LogP contribution in [0.15, 0.2) is 18.2 Å². The lowest BCUT2D eigenvalue weighted by Crippen LogP contribution is -2.24. The number of ether oxygens (including phenoxy) is 2. The van der Waals surface area contributed by atoms with Crippen molar-refractivity contribution in [1.82, 2.24) is 5.32 Å². The zero-order chi connectivity index (χ0) is 10.7. The number of rotatable bonds is 3. The first-order chi connectivity index (χ1) is 7.31. The minimum Gasteiger partial charge on any atom is -0.486 e. The van der Waals surface area contributed by atoms with E-state index >= 15 is 0 Å². The van der Waals surface area contributed by atoms with Gasteiger partial charge in [-0.1, -0.05) is 6.07 Å². The first-order valence-electron chi connectivity index (χ1n) is 5.11. The van der Waals surface area contributed by atoms with Crippen molar-refractivity contribution in [3.8, 4) is 11.5 Å². The fourth-order valence-electron chi connectivity index (χ4n) is 1.63. The van der Waals surface area contributed by atoms with E-state index < -0.39 is 0 Å². The van der Waals surface area contributed by atoms with Gasteiger partial charge < -0.3 is 20.5 Å². The van der Waals surface area contributed by atoms with Gasteiger partial charge in [-0.05, 0) is 24.7 Å². The number of hydrogen-bond donors (Lipinski definition) is 2. The Labute approximate surface area is 89.4 Å². The van der Waals surface area contributed by atoms with Gasteiger partial charge in [0.05, 0.1) is 0 Å². The second kappa shape index (κ2) is 4.51. The van der Waals surface area contributed by atoms with Crippen LogP contribution in [-0.2, 0) is 0 Å². The second-order valence-electron chi connectivity index (χ2n) is 3.57. The number of likely N-dealkylation sites (N-methyl/N-ethyl adjacent to an activating group) is 1. The van der Waals surface area contributed by atoms with Crippen LogP contribution in [-0.4, -0.2) is 26.8 Å². The predicted octanol–water partition coefficient (Wildman–Crippen LogP) is 0.677. The Kier molecular flexibility index (Phi) is 3.08. The summed E-state index contributed by atoms with van der Waals surface area (Å²) in [6.07, 6.45) is 0. The predicted molar refractivity (Wildman–Crippen MR) is 58.3 cm³/mol. The van der Waals surface area contributed by atoms with Crippen LogP contribution >= 0.6 is 0 Å². The van der Waals surface area contributed by atoms with Crippen molar-refractivity contribution < 1.29 is 9.47 Å². The van der Waals surface area contributed by atoms with Crippen LogP contribution in [0.25, 0.3) is 0 Å². The van der Waals surface area contributed by atoms with E-state index in [0.29, 0.717) is 13.2 Å². The molecule has 1 aromatic rings. The molecule has 0 bridgehead atoms. The number of fused-ring (bicyclic) bond motifs is 1. The zero-order valence-electron chi connectivity index (χ0n) is 8.82. The van der Waals surface area contributed by atoms with Crippen molar-refractivity contribution in [3.05, 3.63) is 23.8 Å². The van der Waals surface area contributed by atoms with E-state index in [1.54, 1.807) is 0 Å².